The summed E-state index contributed by atoms with van der Waals surface area (Å²) in [7, 11) is 1.64. The summed E-state index contributed by atoms with van der Waals surface area (Å²) in [5.74, 6) is -0.104. The highest BCUT2D eigenvalue weighted by molar-refractivity contribution is 7.16. The Morgan fingerprint density at radius 2 is 2.27 bits per heavy atom. The standard InChI is InChI=1S/C24H27N3O5S/c1-30-15-18-3-2-9-27(18)24(29)32-14-17-4-6-19-20(12-25)23(33-21(19)11-17)26-22(28)7-5-16-8-10-31-13-16/h5,7-8,10,13,17-18H,2-4,6,9,11,14-15H2,1H3,(H,26,28)/b7-5+. The summed E-state index contributed by atoms with van der Waals surface area (Å²) in [6, 6.07) is 4.09. The third-order valence-corrected chi connectivity index (χ3v) is 7.27. The summed E-state index contributed by atoms with van der Waals surface area (Å²) < 4.78 is 15.8. The first-order chi connectivity index (χ1) is 16.1. The molecule has 174 valence electrons. The number of hydrogen-bond donors (Lipinski definition) is 1. The van der Waals surface area contributed by atoms with Gasteiger partial charge in [0.1, 0.15) is 11.1 Å². The zero-order valence-electron chi connectivity index (χ0n) is 18.5. The predicted molar refractivity (Wildman–Crippen MR) is 124 cm³/mol. The van der Waals surface area contributed by atoms with E-state index in [4.69, 9.17) is 13.9 Å². The molecular formula is C24H27N3O5S. The monoisotopic (exact) mass is 469 g/mol. The number of nitrogens with one attached hydrogen (secondary N) is 1. The molecule has 2 aromatic heterocycles. The van der Waals surface area contributed by atoms with Crippen LogP contribution >= 0.6 is 11.3 Å². The van der Waals surface area contributed by atoms with Crippen LogP contribution in [0.1, 0.15) is 40.8 Å². The van der Waals surface area contributed by atoms with Crippen LogP contribution in [0.4, 0.5) is 9.80 Å². The van der Waals surface area contributed by atoms with Crippen molar-refractivity contribution in [2.45, 2.75) is 38.1 Å². The lowest BCUT2D eigenvalue weighted by atomic mass is 9.88. The van der Waals surface area contributed by atoms with E-state index in [-0.39, 0.29) is 24.0 Å². The number of ether oxygens (including phenoxy) is 2. The lowest BCUT2D eigenvalue weighted by Crippen LogP contribution is -2.39. The Hall–Kier alpha value is -3.09. The molecule has 2 atom stereocenters. The zero-order chi connectivity index (χ0) is 23.2. The number of hydrogen-bond acceptors (Lipinski definition) is 7. The number of anilines is 1. The lowest BCUT2D eigenvalue weighted by molar-refractivity contribution is -0.111. The molecule has 0 aromatic carbocycles. The minimum absolute atomic E-state index is 0.0877. The first kappa shape index (κ1) is 23.1. The Bertz CT molecular complexity index is 1050. The molecule has 9 heteroatoms. The van der Waals surface area contributed by atoms with Crippen molar-refractivity contribution in [1.29, 1.82) is 5.26 Å². The van der Waals surface area contributed by atoms with Crippen LogP contribution in [0.25, 0.3) is 6.08 Å². The van der Waals surface area contributed by atoms with Gasteiger partial charge in [0.05, 0.1) is 37.3 Å². The first-order valence-electron chi connectivity index (χ1n) is 11.1. The molecule has 0 spiro atoms. The van der Waals surface area contributed by atoms with Gasteiger partial charge in [-0.05, 0) is 55.7 Å². The van der Waals surface area contributed by atoms with Crippen LogP contribution in [0.3, 0.4) is 0 Å². The highest BCUT2D eigenvalue weighted by atomic mass is 32.1. The molecule has 1 N–H and O–H groups in total. The summed E-state index contributed by atoms with van der Waals surface area (Å²) in [6.45, 7) is 1.58. The van der Waals surface area contributed by atoms with Gasteiger partial charge in [-0.25, -0.2) is 4.79 Å². The number of rotatable bonds is 7. The van der Waals surface area contributed by atoms with Gasteiger partial charge in [0.15, 0.2) is 0 Å². The largest absolute Gasteiger partial charge is 0.472 e. The minimum atomic E-state index is -0.298. The second kappa shape index (κ2) is 10.7. The Balaban J connectivity index is 1.35. The molecule has 4 rings (SSSR count). The van der Waals surface area contributed by atoms with E-state index in [1.807, 2.05) is 0 Å². The van der Waals surface area contributed by atoms with E-state index in [9.17, 15) is 14.9 Å². The van der Waals surface area contributed by atoms with Crippen LogP contribution in [0, 0.1) is 17.2 Å². The summed E-state index contributed by atoms with van der Waals surface area (Å²) in [5.41, 5.74) is 2.32. The number of nitriles is 1. The minimum Gasteiger partial charge on any atom is -0.472 e. The van der Waals surface area contributed by atoms with Gasteiger partial charge in [-0.2, -0.15) is 5.26 Å². The van der Waals surface area contributed by atoms with E-state index >= 15 is 0 Å². The van der Waals surface area contributed by atoms with E-state index < -0.39 is 0 Å². The fourth-order valence-corrected chi connectivity index (χ4v) is 5.73. The molecule has 2 aromatic rings. The number of likely N-dealkylation sites (tertiary alicyclic amines) is 1. The van der Waals surface area contributed by atoms with Crippen LogP contribution < -0.4 is 5.32 Å². The molecule has 2 aliphatic rings. The molecule has 1 aliphatic heterocycles. The fourth-order valence-electron chi connectivity index (χ4n) is 4.41. The maximum absolute atomic E-state index is 12.5. The Morgan fingerprint density at radius 3 is 3.03 bits per heavy atom. The molecule has 2 amide bonds. The van der Waals surface area contributed by atoms with Gasteiger partial charge in [0.25, 0.3) is 0 Å². The molecular weight excluding hydrogens is 442 g/mol. The molecule has 0 bridgehead atoms. The van der Waals surface area contributed by atoms with Crippen molar-refractivity contribution in [3.05, 3.63) is 46.2 Å². The highest BCUT2D eigenvalue weighted by Gasteiger charge is 2.31. The van der Waals surface area contributed by atoms with Crippen LogP contribution in [-0.2, 0) is 27.1 Å². The van der Waals surface area contributed by atoms with E-state index in [1.165, 1.54) is 23.7 Å². The fraction of sp³-hybridized carbons (Fsp3) is 0.458. The van der Waals surface area contributed by atoms with Gasteiger partial charge in [-0.15, -0.1) is 11.3 Å². The third-order valence-electron chi connectivity index (χ3n) is 6.10. The van der Waals surface area contributed by atoms with Gasteiger partial charge in [0.2, 0.25) is 5.91 Å². The number of amides is 2. The summed E-state index contributed by atoms with van der Waals surface area (Å²) in [4.78, 5) is 27.7. The van der Waals surface area contributed by atoms with Crippen molar-refractivity contribution >= 4 is 34.4 Å². The molecule has 1 saturated heterocycles. The van der Waals surface area contributed by atoms with E-state index in [0.717, 1.165) is 48.1 Å². The summed E-state index contributed by atoms with van der Waals surface area (Å²) >= 11 is 1.43. The lowest BCUT2D eigenvalue weighted by Gasteiger charge is -2.26. The van der Waals surface area contributed by atoms with Crippen LogP contribution in [0.2, 0.25) is 0 Å². The quantitative estimate of drug-likeness (QED) is 0.609. The summed E-state index contributed by atoms with van der Waals surface area (Å²) in [6.07, 6.45) is 10.1. The zero-order valence-corrected chi connectivity index (χ0v) is 19.4. The number of thiophene rings is 1. The number of nitrogens with zero attached hydrogens (tertiary/aromatic N) is 2. The molecule has 33 heavy (non-hydrogen) atoms. The van der Waals surface area contributed by atoms with Gasteiger partial charge >= 0.3 is 6.09 Å². The number of furan rings is 1. The maximum Gasteiger partial charge on any atom is 0.410 e. The topological polar surface area (TPSA) is 105 Å². The third kappa shape index (κ3) is 5.46. The molecule has 3 heterocycles. The average Bonchev–Trinajstić information content (AvgIpc) is 3.56. The van der Waals surface area contributed by atoms with E-state index in [2.05, 4.69) is 11.4 Å². The van der Waals surface area contributed by atoms with Crippen molar-refractivity contribution in [3.63, 3.8) is 0 Å². The smallest absolute Gasteiger partial charge is 0.410 e. The van der Waals surface area contributed by atoms with Gasteiger partial charge in [-0.3, -0.25) is 4.79 Å². The van der Waals surface area contributed by atoms with Crippen LogP contribution in [0.5, 0.6) is 0 Å². The normalized spacial score (nSPS) is 19.9. The Kier molecular flexibility index (Phi) is 7.47. The van der Waals surface area contributed by atoms with Gasteiger partial charge in [-0.1, -0.05) is 0 Å². The molecule has 0 saturated carbocycles. The molecule has 1 aliphatic carbocycles. The molecule has 1 fully saturated rings. The number of carbonyl (C=O) groups is 2. The first-order valence-corrected chi connectivity index (χ1v) is 11.9. The molecule has 8 nitrogen and oxygen atoms in total. The SMILES string of the molecule is COCC1CCCN1C(=O)OCC1CCc2c(sc(NC(=O)/C=C/c3ccoc3)c2C#N)C1. The van der Waals surface area contributed by atoms with Crippen LogP contribution in [0.15, 0.2) is 29.1 Å². The van der Waals surface area contributed by atoms with Crippen molar-refractivity contribution < 1.29 is 23.5 Å². The van der Waals surface area contributed by atoms with Crippen molar-refractivity contribution in [1.82, 2.24) is 4.90 Å². The highest BCUT2D eigenvalue weighted by Crippen LogP contribution is 2.39. The predicted octanol–water partition coefficient (Wildman–Crippen LogP) is 4.22. The van der Waals surface area contributed by atoms with E-state index in [1.54, 1.807) is 30.4 Å². The Morgan fingerprint density at radius 1 is 1.39 bits per heavy atom. The number of fused-ring (bicyclic) bond motifs is 1. The summed E-state index contributed by atoms with van der Waals surface area (Å²) in [5, 5.41) is 13.1. The second-order valence-electron chi connectivity index (χ2n) is 8.33. The number of methoxy groups -OCH3 is 1. The van der Waals surface area contributed by atoms with Crippen LogP contribution in [-0.4, -0.2) is 49.8 Å². The van der Waals surface area contributed by atoms with Crippen molar-refractivity contribution in [3.8, 4) is 6.07 Å². The van der Waals surface area contributed by atoms with Crippen molar-refractivity contribution in [2.24, 2.45) is 5.92 Å². The molecule has 2 unspecified atom stereocenters. The van der Waals surface area contributed by atoms with Crippen molar-refractivity contribution in [2.75, 3.05) is 32.2 Å². The second-order valence-corrected chi connectivity index (χ2v) is 9.43. The van der Waals surface area contributed by atoms with Gasteiger partial charge < -0.3 is 24.1 Å². The average molecular weight is 470 g/mol. The number of carbonyl (C=O) groups excluding carboxylic acids is 2. The van der Waals surface area contributed by atoms with Gasteiger partial charge in [0, 0.05) is 30.2 Å². The van der Waals surface area contributed by atoms with E-state index in [0.29, 0.717) is 30.3 Å². The maximum atomic E-state index is 12.5. The molecule has 0 radical (unpaired) electrons. The Labute approximate surface area is 196 Å².